The second-order valence-corrected chi connectivity index (χ2v) is 10.6. The van der Waals surface area contributed by atoms with Crippen molar-refractivity contribution in [3.63, 3.8) is 0 Å². The Morgan fingerprint density at radius 3 is 2.10 bits per heavy atom. The third-order valence-electron chi connectivity index (χ3n) is 6.27. The molecular weight excluding hydrogens is 382 g/mol. The fraction of sp³-hybridized carbons (Fsp3) is 0.357. The molecule has 0 bridgehead atoms. The van der Waals surface area contributed by atoms with Crippen molar-refractivity contribution in [2.75, 3.05) is 0 Å². The summed E-state index contributed by atoms with van der Waals surface area (Å²) in [6.07, 6.45) is 1.40. The fourth-order valence-electron chi connectivity index (χ4n) is 4.51. The van der Waals surface area contributed by atoms with Crippen LogP contribution in [0.1, 0.15) is 79.9 Å². The number of hydrogen-bond acceptors (Lipinski definition) is 2. The van der Waals surface area contributed by atoms with E-state index in [-0.39, 0.29) is 22.4 Å². The Kier molecular flexibility index (Phi) is 5.04. The van der Waals surface area contributed by atoms with Crippen molar-refractivity contribution in [3.05, 3.63) is 77.0 Å². The van der Waals surface area contributed by atoms with Gasteiger partial charge in [0.1, 0.15) is 0 Å². The molecule has 1 aliphatic rings. The first-order valence-electron chi connectivity index (χ1n) is 11.0. The van der Waals surface area contributed by atoms with Gasteiger partial charge < -0.3 is 4.57 Å². The average molecular weight is 414 g/mol. The summed E-state index contributed by atoms with van der Waals surface area (Å²) in [6.45, 7) is 12.5. The molecule has 3 nitrogen and oxygen atoms in total. The number of ketones is 2. The molecule has 0 N–H and O–H groups in total. The van der Waals surface area contributed by atoms with Crippen LogP contribution in [0, 0.1) is 5.41 Å². The SMILES string of the molecule is CC(=O)c1ccc(-n2c(-c3ccc(C(C)(C)C)cc3)cc3c2CC(C)(C)CC3=O)cc1. The summed E-state index contributed by atoms with van der Waals surface area (Å²) in [5, 5.41) is 0. The standard InChI is InChI=1S/C28H31NO2/c1-18(30)19-9-13-22(14-10-19)29-24(20-7-11-21(12-8-20)27(2,3)4)15-23-25(29)16-28(5,6)17-26(23)31/h7-15H,16-17H2,1-6H3. The molecule has 1 aliphatic carbocycles. The summed E-state index contributed by atoms with van der Waals surface area (Å²) in [5.74, 6) is 0.258. The number of hydrogen-bond donors (Lipinski definition) is 0. The van der Waals surface area contributed by atoms with Gasteiger partial charge in [0.25, 0.3) is 0 Å². The van der Waals surface area contributed by atoms with Gasteiger partial charge in [-0.1, -0.05) is 58.9 Å². The van der Waals surface area contributed by atoms with Crippen LogP contribution in [0.5, 0.6) is 0 Å². The zero-order valence-corrected chi connectivity index (χ0v) is 19.4. The van der Waals surface area contributed by atoms with Crippen LogP contribution in [-0.4, -0.2) is 16.1 Å². The predicted octanol–water partition coefficient (Wildman–Crippen LogP) is 6.80. The van der Waals surface area contributed by atoms with E-state index in [4.69, 9.17) is 0 Å². The molecule has 1 aromatic heterocycles. The van der Waals surface area contributed by atoms with Crippen molar-refractivity contribution in [2.24, 2.45) is 5.41 Å². The Balaban J connectivity index is 1.91. The highest BCUT2D eigenvalue weighted by Gasteiger charge is 2.35. The molecule has 1 heterocycles. The van der Waals surface area contributed by atoms with E-state index in [0.717, 1.165) is 34.6 Å². The number of carbonyl (C=O) groups excluding carboxylic acids is 2. The number of carbonyl (C=O) groups is 2. The molecule has 4 rings (SSSR count). The topological polar surface area (TPSA) is 39.1 Å². The van der Waals surface area contributed by atoms with Crippen LogP contribution >= 0.6 is 0 Å². The number of benzene rings is 2. The van der Waals surface area contributed by atoms with Crippen LogP contribution in [0.4, 0.5) is 0 Å². The number of fused-ring (bicyclic) bond motifs is 1. The zero-order valence-electron chi connectivity index (χ0n) is 19.4. The summed E-state index contributed by atoms with van der Waals surface area (Å²) in [5.41, 5.74) is 6.95. The molecule has 0 saturated carbocycles. The summed E-state index contributed by atoms with van der Waals surface area (Å²) in [6, 6.07) is 18.4. The number of rotatable bonds is 3. The Bertz CT molecular complexity index is 1150. The quantitative estimate of drug-likeness (QED) is 0.443. The first-order chi connectivity index (χ1) is 14.5. The van der Waals surface area contributed by atoms with Crippen LogP contribution in [0.3, 0.4) is 0 Å². The maximum atomic E-state index is 13.0. The minimum absolute atomic E-state index is 0.0513. The lowest BCUT2D eigenvalue weighted by Gasteiger charge is -2.30. The van der Waals surface area contributed by atoms with Gasteiger partial charge in [-0.2, -0.15) is 0 Å². The summed E-state index contributed by atoms with van der Waals surface area (Å²) in [4.78, 5) is 24.8. The molecule has 0 amide bonds. The lowest BCUT2D eigenvalue weighted by Crippen LogP contribution is -2.27. The normalized spacial score (nSPS) is 15.6. The zero-order chi connectivity index (χ0) is 22.6. The van der Waals surface area contributed by atoms with Crippen LogP contribution in [0.25, 0.3) is 16.9 Å². The molecule has 0 unspecified atom stereocenters. The van der Waals surface area contributed by atoms with E-state index in [1.165, 1.54) is 5.56 Å². The maximum absolute atomic E-state index is 13.0. The molecule has 0 aliphatic heterocycles. The van der Waals surface area contributed by atoms with Gasteiger partial charge >= 0.3 is 0 Å². The molecule has 3 heteroatoms. The Morgan fingerprint density at radius 1 is 0.935 bits per heavy atom. The van der Waals surface area contributed by atoms with Gasteiger partial charge in [-0.25, -0.2) is 0 Å². The summed E-state index contributed by atoms with van der Waals surface area (Å²) >= 11 is 0. The minimum atomic E-state index is -0.0765. The highest BCUT2D eigenvalue weighted by atomic mass is 16.1. The van der Waals surface area contributed by atoms with E-state index >= 15 is 0 Å². The van der Waals surface area contributed by atoms with Crippen molar-refractivity contribution in [1.82, 2.24) is 4.57 Å². The molecule has 31 heavy (non-hydrogen) atoms. The fourth-order valence-corrected chi connectivity index (χ4v) is 4.51. The van der Waals surface area contributed by atoms with Crippen LogP contribution < -0.4 is 0 Å². The molecule has 0 fully saturated rings. The largest absolute Gasteiger partial charge is 0.313 e. The van der Waals surface area contributed by atoms with E-state index in [0.29, 0.717) is 12.0 Å². The number of Topliss-reactive ketones (excluding diaryl/α,β-unsaturated/α-hetero) is 2. The molecule has 0 radical (unpaired) electrons. The lowest BCUT2D eigenvalue weighted by molar-refractivity contribution is 0.0910. The van der Waals surface area contributed by atoms with Crippen molar-refractivity contribution < 1.29 is 9.59 Å². The molecule has 0 spiro atoms. The van der Waals surface area contributed by atoms with E-state index < -0.39 is 0 Å². The molecular formula is C28H31NO2. The van der Waals surface area contributed by atoms with Gasteiger partial charge in [-0.15, -0.1) is 0 Å². The summed E-state index contributed by atoms with van der Waals surface area (Å²) < 4.78 is 2.21. The molecule has 0 atom stereocenters. The second kappa shape index (κ2) is 7.33. The Hall–Kier alpha value is -2.94. The monoisotopic (exact) mass is 413 g/mol. The van der Waals surface area contributed by atoms with Crippen LogP contribution in [-0.2, 0) is 11.8 Å². The van der Waals surface area contributed by atoms with Gasteiger partial charge in [-0.3, -0.25) is 9.59 Å². The van der Waals surface area contributed by atoms with Crippen molar-refractivity contribution in [1.29, 1.82) is 0 Å². The Morgan fingerprint density at radius 2 is 1.55 bits per heavy atom. The van der Waals surface area contributed by atoms with E-state index in [1.54, 1.807) is 6.92 Å². The number of aromatic nitrogens is 1. The first-order valence-corrected chi connectivity index (χ1v) is 11.0. The lowest BCUT2D eigenvalue weighted by atomic mass is 9.76. The first kappa shape index (κ1) is 21.3. The van der Waals surface area contributed by atoms with E-state index in [1.807, 2.05) is 24.3 Å². The summed E-state index contributed by atoms with van der Waals surface area (Å²) in [7, 11) is 0. The minimum Gasteiger partial charge on any atom is -0.313 e. The van der Waals surface area contributed by atoms with Gasteiger partial charge in [0.15, 0.2) is 11.6 Å². The van der Waals surface area contributed by atoms with E-state index in [2.05, 4.69) is 69.5 Å². The van der Waals surface area contributed by atoms with Crippen LogP contribution in [0.2, 0.25) is 0 Å². The number of nitrogens with zero attached hydrogens (tertiary/aromatic N) is 1. The maximum Gasteiger partial charge on any atom is 0.165 e. The van der Waals surface area contributed by atoms with Gasteiger partial charge in [0.05, 0.1) is 5.69 Å². The molecule has 2 aromatic carbocycles. The van der Waals surface area contributed by atoms with Crippen molar-refractivity contribution >= 4 is 11.6 Å². The molecule has 160 valence electrons. The van der Waals surface area contributed by atoms with Crippen molar-refractivity contribution in [2.45, 2.75) is 59.8 Å². The predicted molar refractivity (Wildman–Crippen MR) is 126 cm³/mol. The van der Waals surface area contributed by atoms with Crippen molar-refractivity contribution in [3.8, 4) is 16.9 Å². The second-order valence-electron chi connectivity index (χ2n) is 10.6. The third-order valence-corrected chi connectivity index (χ3v) is 6.27. The van der Waals surface area contributed by atoms with E-state index in [9.17, 15) is 9.59 Å². The molecule has 0 saturated heterocycles. The molecule has 3 aromatic rings. The highest BCUT2D eigenvalue weighted by Crippen LogP contribution is 2.40. The smallest absolute Gasteiger partial charge is 0.165 e. The third kappa shape index (κ3) is 4.01. The van der Waals surface area contributed by atoms with Crippen LogP contribution in [0.15, 0.2) is 54.6 Å². The van der Waals surface area contributed by atoms with Gasteiger partial charge in [0.2, 0.25) is 0 Å². The average Bonchev–Trinajstić information content (AvgIpc) is 3.06. The Labute approximate surface area is 185 Å². The van der Waals surface area contributed by atoms with Gasteiger partial charge in [-0.05, 0) is 65.6 Å². The highest BCUT2D eigenvalue weighted by molar-refractivity contribution is 6.00. The van der Waals surface area contributed by atoms with Gasteiger partial charge in [0, 0.05) is 28.9 Å².